The summed E-state index contributed by atoms with van der Waals surface area (Å²) in [6, 6.07) is 7.78. The van der Waals surface area contributed by atoms with E-state index < -0.39 is 11.7 Å². The van der Waals surface area contributed by atoms with E-state index in [0.29, 0.717) is 44.1 Å². The average molecular weight is 464 g/mol. The van der Waals surface area contributed by atoms with Gasteiger partial charge in [-0.15, -0.1) is 0 Å². The number of nitrogens with zero attached hydrogens (tertiary/aromatic N) is 4. The highest BCUT2D eigenvalue weighted by Crippen LogP contribution is 2.29. The molecule has 0 radical (unpaired) electrons. The van der Waals surface area contributed by atoms with Gasteiger partial charge >= 0.3 is 6.18 Å². The van der Waals surface area contributed by atoms with Crippen LogP contribution in [0.25, 0.3) is 0 Å². The van der Waals surface area contributed by atoms with Crippen LogP contribution in [0.2, 0.25) is 0 Å². The second-order valence-corrected chi connectivity index (χ2v) is 8.17. The van der Waals surface area contributed by atoms with E-state index in [4.69, 9.17) is 0 Å². The molecule has 10 heteroatoms. The maximum Gasteiger partial charge on any atom is 0.416 e. The van der Waals surface area contributed by atoms with Gasteiger partial charge in [-0.1, -0.05) is 0 Å². The Morgan fingerprint density at radius 1 is 1.00 bits per heavy atom. The molecule has 1 fully saturated rings. The van der Waals surface area contributed by atoms with Crippen molar-refractivity contribution in [2.75, 3.05) is 58.3 Å². The molecule has 1 aliphatic rings. The van der Waals surface area contributed by atoms with E-state index in [1.807, 2.05) is 19.0 Å². The number of benzene rings is 1. The van der Waals surface area contributed by atoms with Crippen LogP contribution in [0, 0.1) is 0 Å². The standard InChI is InChI=1S/C23H28F3N5O2/c1-29(2)11-3-10-27-21(32)18-6-9-20(28-16-18)30-12-14-31(15-13-30)22(33)17-4-7-19(8-5-17)23(24,25)26/h4-9,16H,3,10-15H2,1-2H3,(H,27,32). The number of alkyl halides is 3. The number of piperazine rings is 1. The normalized spacial score (nSPS) is 14.5. The van der Waals surface area contributed by atoms with Gasteiger partial charge in [-0.3, -0.25) is 9.59 Å². The van der Waals surface area contributed by atoms with Gasteiger partial charge in [-0.05, 0) is 63.5 Å². The number of anilines is 1. The fraction of sp³-hybridized carbons (Fsp3) is 0.435. The summed E-state index contributed by atoms with van der Waals surface area (Å²) in [6.45, 7) is 3.41. The zero-order valence-corrected chi connectivity index (χ0v) is 18.7. The van der Waals surface area contributed by atoms with Crippen LogP contribution < -0.4 is 10.2 Å². The third-order valence-electron chi connectivity index (χ3n) is 5.43. The topological polar surface area (TPSA) is 68.8 Å². The van der Waals surface area contributed by atoms with Gasteiger partial charge < -0.3 is 20.0 Å². The average Bonchev–Trinajstić information content (AvgIpc) is 2.81. The summed E-state index contributed by atoms with van der Waals surface area (Å²) in [5, 5.41) is 2.87. The van der Waals surface area contributed by atoms with E-state index in [1.165, 1.54) is 18.3 Å². The Balaban J connectivity index is 1.50. The van der Waals surface area contributed by atoms with E-state index in [-0.39, 0.29) is 17.4 Å². The van der Waals surface area contributed by atoms with Crippen molar-refractivity contribution in [2.24, 2.45) is 0 Å². The Bertz CT molecular complexity index is 938. The molecule has 1 aromatic carbocycles. The molecule has 0 spiro atoms. The summed E-state index contributed by atoms with van der Waals surface area (Å²) in [5.74, 6) is 0.248. The number of hydrogen-bond acceptors (Lipinski definition) is 5. The lowest BCUT2D eigenvalue weighted by atomic mass is 10.1. The number of aromatic nitrogens is 1. The molecule has 1 aliphatic heterocycles. The zero-order valence-electron chi connectivity index (χ0n) is 18.7. The highest BCUT2D eigenvalue weighted by molar-refractivity contribution is 5.95. The SMILES string of the molecule is CN(C)CCCNC(=O)c1ccc(N2CCN(C(=O)c3ccc(C(F)(F)F)cc3)CC2)nc1. The van der Waals surface area contributed by atoms with Crippen LogP contribution in [-0.4, -0.2) is 80.0 Å². The second-order valence-electron chi connectivity index (χ2n) is 8.17. The third-order valence-corrected chi connectivity index (χ3v) is 5.43. The summed E-state index contributed by atoms with van der Waals surface area (Å²) in [7, 11) is 3.96. The number of amides is 2. The molecule has 0 saturated carbocycles. The highest BCUT2D eigenvalue weighted by atomic mass is 19.4. The lowest BCUT2D eigenvalue weighted by molar-refractivity contribution is -0.137. The number of carbonyl (C=O) groups is 2. The van der Waals surface area contributed by atoms with Crippen molar-refractivity contribution in [3.63, 3.8) is 0 Å². The van der Waals surface area contributed by atoms with Crippen LogP contribution >= 0.6 is 0 Å². The first-order valence-electron chi connectivity index (χ1n) is 10.8. The minimum absolute atomic E-state index is 0.167. The van der Waals surface area contributed by atoms with E-state index in [2.05, 4.69) is 15.2 Å². The van der Waals surface area contributed by atoms with Gasteiger partial charge in [-0.2, -0.15) is 13.2 Å². The molecule has 2 amide bonds. The molecule has 33 heavy (non-hydrogen) atoms. The van der Waals surface area contributed by atoms with E-state index in [1.54, 1.807) is 17.0 Å². The first kappa shape index (κ1) is 24.5. The molecular weight excluding hydrogens is 435 g/mol. The number of rotatable bonds is 7. The fourth-order valence-electron chi connectivity index (χ4n) is 3.53. The Hall–Kier alpha value is -3.14. The third kappa shape index (κ3) is 6.67. The van der Waals surface area contributed by atoms with Crippen LogP contribution in [0.4, 0.5) is 19.0 Å². The summed E-state index contributed by atoms with van der Waals surface area (Å²) >= 11 is 0. The number of carbonyl (C=O) groups excluding carboxylic acids is 2. The molecule has 7 nitrogen and oxygen atoms in total. The maximum absolute atomic E-state index is 12.7. The molecule has 1 aromatic heterocycles. The number of halogens is 3. The molecule has 2 heterocycles. The van der Waals surface area contributed by atoms with Crippen LogP contribution in [0.3, 0.4) is 0 Å². The minimum atomic E-state index is -4.43. The van der Waals surface area contributed by atoms with Crippen LogP contribution in [0.1, 0.15) is 32.7 Å². The van der Waals surface area contributed by atoms with Gasteiger partial charge in [0.25, 0.3) is 11.8 Å². The van der Waals surface area contributed by atoms with E-state index >= 15 is 0 Å². The van der Waals surface area contributed by atoms with Crippen LogP contribution in [0.5, 0.6) is 0 Å². The molecule has 0 bridgehead atoms. The van der Waals surface area contributed by atoms with Crippen LogP contribution in [0.15, 0.2) is 42.6 Å². The molecule has 3 rings (SSSR count). The van der Waals surface area contributed by atoms with Crippen molar-refractivity contribution in [3.8, 4) is 0 Å². The summed E-state index contributed by atoms with van der Waals surface area (Å²) in [5.41, 5.74) is -0.0594. The van der Waals surface area contributed by atoms with Gasteiger partial charge in [0.05, 0.1) is 11.1 Å². The lowest BCUT2D eigenvalue weighted by Gasteiger charge is -2.35. The minimum Gasteiger partial charge on any atom is -0.353 e. The first-order chi connectivity index (χ1) is 15.6. The van der Waals surface area contributed by atoms with Crippen molar-refractivity contribution < 1.29 is 22.8 Å². The lowest BCUT2D eigenvalue weighted by Crippen LogP contribution is -2.49. The predicted molar refractivity (Wildman–Crippen MR) is 119 cm³/mol. The Morgan fingerprint density at radius 3 is 2.18 bits per heavy atom. The number of hydrogen-bond donors (Lipinski definition) is 1. The fourth-order valence-corrected chi connectivity index (χ4v) is 3.53. The Morgan fingerprint density at radius 2 is 1.64 bits per heavy atom. The second kappa shape index (κ2) is 10.7. The summed E-state index contributed by atoms with van der Waals surface area (Å²) < 4.78 is 38.1. The zero-order chi connectivity index (χ0) is 24.0. The highest BCUT2D eigenvalue weighted by Gasteiger charge is 2.30. The van der Waals surface area contributed by atoms with Crippen molar-refractivity contribution in [1.82, 2.24) is 20.1 Å². The van der Waals surface area contributed by atoms with E-state index in [9.17, 15) is 22.8 Å². The molecule has 1 N–H and O–H groups in total. The molecule has 1 saturated heterocycles. The number of nitrogens with one attached hydrogen (secondary N) is 1. The predicted octanol–water partition coefficient (Wildman–Crippen LogP) is 2.74. The molecule has 0 unspecified atom stereocenters. The van der Waals surface area contributed by atoms with Crippen LogP contribution in [-0.2, 0) is 6.18 Å². The van der Waals surface area contributed by atoms with Crippen molar-refractivity contribution in [3.05, 3.63) is 59.3 Å². The maximum atomic E-state index is 12.7. The largest absolute Gasteiger partial charge is 0.416 e. The van der Waals surface area contributed by atoms with Gasteiger partial charge in [0.2, 0.25) is 0 Å². The molecule has 178 valence electrons. The smallest absolute Gasteiger partial charge is 0.353 e. The van der Waals surface area contributed by atoms with Gasteiger partial charge in [0.1, 0.15) is 5.82 Å². The van der Waals surface area contributed by atoms with Gasteiger partial charge in [0, 0.05) is 44.5 Å². The monoisotopic (exact) mass is 463 g/mol. The summed E-state index contributed by atoms with van der Waals surface area (Å²) in [4.78, 5) is 34.9. The quantitative estimate of drug-likeness (QED) is 0.640. The molecular formula is C23H28F3N5O2. The van der Waals surface area contributed by atoms with Gasteiger partial charge in [-0.25, -0.2) is 4.98 Å². The van der Waals surface area contributed by atoms with E-state index in [0.717, 1.165) is 25.1 Å². The summed E-state index contributed by atoms with van der Waals surface area (Å²) in [6.07, 6.45) is -2.03. The Labute approximate surface area is 191 Å². The van der Waals surface area contributed by atoms with Crippen molar-refractivity contribution in [1.29, 1.82) is 0 Å². The van der Waals surface area contributed by atoms with Crippen molar-refractivity contribution in [2.45, 2.75) is 12.6 Å². The number of pyridine rings is 1. The van der Waals surface area contributed by atoms with Crippen molar-refractivity contribution >= 4 is 17.6 Å². The van der Waals surface area contributed by atoms with Gasteiger partial charge in [0.15, 0.2) is 0 Å². The Kier molecular flexibility index (Phi) is 7.91. The first-order valence-corrected chi connectivity index (χ1v) is 10.8. The molecule has 0 atom stereocenters. The molecule has 2 aromatic rings. The molecule has 0 aliphatic carbocycles.